The van der Waals surface area contributed by atoms with E-state index in [4.69, 9.17) is 9.15 Å². The molecule has 1 atom stereocenters. The van der Waals surface area contributed by atoms with Gasteiger partial charge in [0.1, 0.15) is 11.3 Å². The molecule has 0 N–H and O–H groups in total. The summed E-state index contributed by atoms with van der Waals surface area (Å²) in [4.78, 5) is 29.9. The quantitative estimate of drug-likeness (QED) is 0.509. The monoisotopic (exact) mass is 460 g/mol. The lowest BCUT2D eigenvalue weighted by molar-refractivity contribution is -0.134. The third-order valence-electron chi connectivity index (χ3n) is 7.36. The van der Waals surface area contributed by atoms with Crippen molar-refractivity contribution < 1.29 is 18.7 Å². The lowest BCUT2D eigenvalue weighted by Gasteiger charge is -2.40. The maximum absolute atomic E-state index is 13.1. The van der Waals surface area contributed by atoms with E-state index in [9.17, 15) is 9.59 Å². The second kappa shape index (κ2) is 9.53. The van der Waals surface area contributed by atoms with Crippen molar-refractivity contribution in [2.45, 2.75) is 38.1 Å². The van der Waals surface area contributed by atoms with E-state index in [1.54, 1.807) is 7.11 Å². The summed E-state index contributed by atoms with van der Waals surface area (Å²) < 4.78 is 11.2. The molecule has 2 amide bonds. The van der Waals surface area contributed by atoms with Gasteiger partial charge in [-0.15, -0.1) is 0 Å². The maximum atomic E-state index is 13.1. The maximum Gasteiger partial charge on any atom is 0.289 e. The number of rotatable bonds is 7. The van der Waals surface area contributed by atoms with E-state index in [0.717, 1.165) is 48.8 Å². The van der Waals surface area contributed by atoms with Crippen LogP contribution in [0.4, 0.5) is 0 Å². The van der Waals surface area contributed by atoms with Crippen LogP contribution >= 0.6 is 0 Å². The fourth-order valence-corrected chi connectivity index (χ4v) is 5.17. The van der Waals surface area contributed by atoms with E-state index in [0.29, 0.717) is 24.8 Å². The molecule has 34 heavy (non-hydrogen) atoms. The number of amides is 2. The first-order valence-corrected chi connectivity index (χ1v) is 12.2. The predicted molar refractivity (Wildman–Crippen MR) is 131 cm³/mol. The van der Waals surface area contributed by atoms with Crippen LogP contribution in [0.1, 0.15) is 41.8 Å². The lowest BCUT2D eigenvalue weighted by atomic mass is 9.84. The second-order valence-corrected chi connectivity index (χ2v) is 9.62. The van der Waals surface area contributed by atoms with E-state index in [1.807, 2.05) is 59.3 Å². The molecule has 2 heterocycles. The molecule has 0 unspecified atom stereocenters. The number of nitrogens with zero attached hydrogens (tertiary/aromatic N) is 2. The molecule has 1 aliphatic heterocycles. The van der Waals surface area contributed by atoms with Crippen molar-refractivity contribution in [1.29, 1.82) is 0 Å². The highest BCUT2D eigenvalue weighted by atomic mass is 16.5. The van der Waals surface area contributed by atoms with Gasteiger partial charge in [0.15, 0.2) is 5.76 Å². The highest BCUT2D eigenvalue weighted by molar-refractivity contribution is 5.96. The molecule has 6 nitrogen and oxygen atoms in total. The van der Waals surface area contributed by atoms with E-state index >= 15 is 0 Å². The molecule has 5 rings (SSSR count). The molecule has 6 heteroatoms. The number of hydrogen-bond acceptors (Lipinski definition) is 4. The summed E-state index contributed by atoms with van der Waals surface area (Å²) in [6, 6.07) is 17.7. The molecule has 1 aliphatic carbocycles. The number of carbonyl (C=O) groups is 2. The number of methoxy groups -OCH3 is 1. The largest absolute Gasteiger partial charge is 0.497 e. The number of piperidine rings is 1. The number of likely N-dealkylation sites (N-methyl/N-ethyl adjacent to an activating group) is 1. The topological polar surface area (TPSA) is 63.0 Å². The summed E-state index contributed by atoms with van der Waals surface area (Å²) in [5.74, 6) is 1.95. The van der Waals surface area contributed by atoms with Crippen LogP contribution in [0, 0.1) is 11.8 Å². The van der Waals surface area contributed by atoms with Crippen LogP contribution in [0.3, 0.4) is 0 Å². The Hall–Kier alpha value is -3.28. The van der Waals surface area contributed by atoms with Crippen LogP contribution in [0.25, 0.3) is 11.0 Å². The standard InChI is InChI=1S/C28H32N2O4/c1-29(27(31)21-10-11-21)24(17-19-6-5-8-23(16-19)33-2)20-12-14-30(15-13-20)28(32)26-18-22-7-3-4-9-25(22)34-26/h3-9,16,18,20-21,24H,10-15,17H2,1-2H3/t24-/m1/s1. The first-order valence-electron chi connectivity index (χ1n) is 12.2. The number of likely N-dealkylation sites (tertiary alicyclic amines) is 1. The highest BCUT2D eigenvalue weighted by Gasteiger charge is 2.38. The van der Waals surface area contributed by atoms with Crippen molar-refractivity contribution in [2.24, 2.45) is 11.8 Å². The van der Waals surface area contributed by atoms with Crippen LogP contribution in [0.5, 0.6) is 5.75 Å². The number of fused-ring (bicyclic) bond motifs is 1. The minimum absolute atomic E-state index is 0.0543. The van der Waals surface area contributed by atoms with Crippen LogP contribution in [-0.4, -0.2) is 54.9 Å². The van der Waals surface area contributed by atoms with Gasteiger partial charge in [-0.1, -0.05) is 30.3 Å². The number of furan rings is 1. The summed E-state index contributed by atoms with van der Waals surface area (Å²) in [5, 5.41) is 0.944. The van der Waals surface area contributed by atoms with Crippen LogP contribution in [0.2, 0.25) is 0 Å². The minimum Gasteiger partial charge on any atom is -0.497 e. The van der Waals surface area contributed by atoms with E-state index in [-0.39, 0.29) is 23.8 Å². The Balaban J connectivity index is 1.29. The van der Waals surface area contributed by atoms with Crippen molar-refractivity contribution in [2.75, 3.05) is 27.2 Å². The van der Waals surface area contributed by atoms with E-state index in [2.05, 4.69) is 12.1 Å². The summed E-state index contributed by atoms with van der Waals surface area (Å²) in [6.07, 6.45) is 4.51. The summed E-state index contributed by atoms with van der Waals surface area (Å²) >= 11 is 0. The second-order valence-electron chi connectivity index (χ2n) is 9.62. The summed E-state index contributed by atoms with van der Waals surface area (Å²) in [7, 11) is 3.63. The van der Waals surface area contributed by atoms with E-state index in [1.165, 1.54) is 5.56 Å². The number of benzene rings is 2. The van der Waals surface area contributed by atoms with Gasteiger partial charge in [0.25, 0.3) is 5.91 Å². The van der Waals surface area contributed by atoms with Gasteiger partial charge in [-0.3, -0.25) is 9.59 Å². The molecular formula is C28H32N2O4. The van der Waals surface area contributed by atoms with Gasteiger partial charge in [-0.25, -0.2) is 0 Å². The van der Waals surface area contributed by atoms with Gasteiger partial charge in [-0.2, -0.15) is 0 Å². The van der Waals surface area contributed by atoms with Crippen molar-refractivity contribution in [3.8, 4) is 5.75 Å². The fourth-order valence-electron chi connectivity index (χ4n) is 5.17. The molecule has 2 aliphatic rings. The Morgan fingerprint density at radius 3 is 2.53 bits per heavy atom. The minimum atomic E-state index is -0.0543. The van der Waals surface area contributed by atoms with Crippen molar-refractivity contribution in [1.82, 2.24) is 9.80 Å². The van der Waals surface area contributed by atoms with Gasteiger partial charge in [0.2, 0.25) is 5.91 Å². The molecule has 0 radical (unpaired) electrons. The van der Waals surface area contributed by atoms with Crippen LogP contribution in [-0.2, 0) is 11.2 Å². The normalized spacial score (nSPS) is 17.5. The van der Waals surface area contributed by atoms with Crippen molar-refractivity contribution in [3.63, 3.8) is 0 Å². The molecule has 3 aromatic rings. The molecule has 1 saturated heterocycles. The van der Waals surface area contributed by atoms with Crippen LogP contribution < -0.4 is 4.74 Å². The summed E-state index contributed by atoms with van der Waals surface area (Å²) in [6.45, 7) is 1.33. The van der Waals surface area contributed by atoms with Crippen molar-refractivity contribution >= 4 is 22.8 Å². The average Bonchev–Trinajstić information content (AvgIpc) is 3.64. The van der Waals surface area contributed by atoms with Gasteiger partial charge in [-0.05, 0) is 67.9 Å². The number of carbonyl (C=O) groups excluding carboxylic acids is 2. The Morgan fingerprint density at radius 2 is 1.82 bits per heavy atom. The lowest BCUT2D eigenvalue weighted by Crippen LogP contribution is -2.48. The number of ether oxygens (including phenoxy) is 1. The highest BCUT2D eigenvalue weighted by Crippen LogP contribution is 2.34. The van der Waals surface area contributed by atoms with E-state index < -0.39 is 0 Å². The Kier molecular flexibility index (Phi) is 6.31. The zero-order valence-corrected chi connectivity index (χ0v) is 19.9. The Bertz CT molecular complexity index is 1140. The first kappa shape index (κ1) is 22.5. The Morgan fingerprint density at radius 1 is 1.06 bits per heavy atom. The number of para-hydroxylation sites is 1. The molecule has 0 spiro atoms. The zero-order valence-electron chi connectivity index (χ0n) is 19.9. The predicted octanol–water partition coefficient (Wildman–Crippen LogP) is 4.77. The smallest absolute Gasteiger partial charge is 0.289 e. The third-order valence-corrected chi connectivity index (χ3v) is 7.36. The van der Waals surface area contributed by atoms with Gasteiger partial charge >= 0.3 is 0 Å². The Labute approximate surface area is 200 Å². The third kappa shape index (κ3) is 4.67. The molecule has 178 valence electrons. The SMILES string of the molecule is COc1cccc(C[C@H](C2CCN(C(=O)c3cc4ccccc4o3)CC2)N(C)C(=O)C2CC2)c1. The van der Waals surface area contributed by atoms with Gasteiger partial charge < -0.3 is 19.0 Å². The average molecular weight is 461 g/mol. The molecular weight excluding hydrogens is 428 g/mol. The molecule has 2 fully saturated rings. The molecule has 1 saturated carbocycles. The van der Waals surface area contributed by atoms with Crippen LogP contribution in [0.15, 0.2) is 59.0 Å². The molecule has 0 bridgehead atoms. The van der Waals surface area contributed by atoms with Gasteiger partial charge in [0, 0.05) is 37.5 Å². The summed E-state index contributed by atoms with van der Waals surface area (Å²) in [5.41, 5.74) is 1.90. The fraction of sp³-hybridized carbons (Fsp3) is 0.429. The number of hydrogen-bond donors (Lipinski definition) is 0. The van der Waals surface area contributed by atoms with Crippen molar-refractivity contribution in [3.05, 3.63) is 65.9 Å². The first-order chi connectivity index (χ1) is 16.5. The zero-order chi connectivity index (χ0) is 23.7. The molecule has 1 aromatic heterocycles. The molecule has 2 aromatic carbocycles. The van der Waals surface area contributed by atoms with Gasteiger partial charge in [0.05, 0.1) is 7.11 Å².